The second kappa shape index (κ2) is 6.74. The summed E-state index contributed by atoms with van der Waals surface area (Å²) in [5.41, 5.74) is 2.12. The predicted molar refractivity (Wildman–Crippen MR) is 97.2 cm³/mol. The van der Waals surface area contributed by atoms with Gasteiger partial charge in [-0.1, -0.05) is 30.3 Å². The lowest BCUT2D eigenvalue weighted by atomic mass is 10.1. The maximum absolute atomic E-state index is 12.9. The van der Waals surface area contributed by atoms with Crippen LogP contribution in [0.2, 0.25) is 0 Å². The predicted octanol–water partition coefficient (Wildman–Crippen LogP) is 2.31. The van der Waals surface area contributed by atoms with Gasteiger partial charge >= 0.3 is 0 Å². The largest absolute Gasteiger partial charge is 0.333 e. The molecule has 134 valence electrons. The normalized spacial score (nSPS) is 16.8. The fraction of sp³-hybridized carbons (Fsp3) is 0.368. The lowest BCUT2D eigenvalue weighted by molar-refractivity contribution is -0.136. The Morgan fingerprint density at radius 2 is 2.00 bits per heavy atom. The van der Waals surface area contributed by atoms with Crippen LogP contribution in [0.3, 0.4) is 0 Å². The summed E-state index contributed by atoms with van der Waals surface area (Å²) in [4.78, 5) is 14.8. The lowest BCUT2D eigenvalue weighted by Gasteiger charge is -2.32. The van der Waals surface area contributed by atoms with E-state index < -0.39 is 0 Å². The third-order valence-electron chi connectivity index (χ3n) is 4.88. The van der Waals surface area contributed by atoms with Crippen LogP contribution in [0.25, 0.3) is 11.4 Å². The van der Waals surface area contributed by atoms with Crippen LogP contribution in [0.1, 0.15) is 31.3 Å². The Bertz CT molecular complexity index is 913. The first-order chi connectivity index (χ1) is 12.7. The van der Waals surface area contributed by atoms with Gasteiger partial charge in [0.1, 0.15) is 6.04 Å². The Balaban J connectivity index is 1.56. The number of benzene rings is 1. The number of carbonyl (C=O) groups is 1. The summed E-state index contributed by atoms with van der Waals surface area (Å²) in [6.07, 6.45) is 4.56. The summed E-state index contributed by atoms with van der Waals surface area (Å²) < 4.78 is 3.79. The Hall–Kier alpha value is -2.96. The molecule has 0 unspecified atom stereocenters. The monoisotopic (exact) mass is 350 g/mol. The highest BCUT2D eigenvalue weighted by Gasteiger charge is 2.33. The van der Waals surface area contributed by atoms with Crippen molar-refractivity contribution in [2.45, 2.75) is 39.4 Å². The number of aryl methyl sites for hydroxylation is 1. The molecule has 0 saturated heterocycles. The van der Waals surface area contributed by atoms with Gasteiger partial charge in [-0.2, -0.15) is 5.10 Å². The third kappa shape index (κ3) is 2.89. The zero-order valence-electron chi connectivity index (χ0n) is 15.0. The molecule has 26 heavy (non-hydrogen) atoms. The smallest absolute Gasteiger partial charge is 0.245 e. The van der Waals surface area contributed by atoms with Crippen LogP contribution in [0.15, 0.2) is 42.7 Å². The zero-order valence-corrected chi connectivity index (χ0v) is 15.0. The highest BCUT2D eigenvalue weighted by Crippen LogP contribution is 2.28. The molecule has 1 aliphatic heterocycles. The highest BCUT2D eigenvalue weighted by atomic mass is 16.2. The summed E-state index contributed by atoms with van der Waals surface area (Å²) in [6.45, 7) is 5.92. The van der Waals surface area contributed by atoms with Crippen LogP contribution in [0, 0.1) is 0 Å². The molecule has 7 heteroatoms. The van der Waals surface area contributed by atoms with E-state index in [4.69, 9.17) is 0 Å². The molecule has 0 spiro atoms. The maximum Gasteiger partial charge on any atom is 0.245 e. The molecule has 4 rings (SSSR count). The molecule has 1 atom stereocenters. The third-order valence-corrected chi connectivity index (χ3v) is 4.88. The minimum Gasteiger partial charge on any atom is -0.333 e. The number of nitrogens with zero attached hydrogens (tertiary/aromatic N) is 6. The van der Waals surface area contributed by atoms with Gasteiger partial charge in [0.05, 0.1) is 18.3 Å². The van der Waals surface area contributed by atoms with Gasteiger partial charge in [-0.15, -0.1) is 10.2 Å². The second-order valence-electron chi connectivity index (χ2n) is 6.57. The van der Waals surface area contributed by atoms with Crippen LogP contribution in [-0.4, -0.2) is 41.9 Å². The summed E-state index contributed by atoms with van der Waals surface area (Å²) >= 11 is 0. The minimum absolute atomic E-state index is 0.109. The van der Waals surface area contributed by atoms with Crippen molar-refractivity contribution in [1.29, 1.82) is 0 Å². The first kappa shape index (κ1) is 16.5. The Morgan fingerprint density at radius 3 is 2.73 bits per heavy atom. The van der Waals surface area contributed by atoms with Gasteiger partial charge in [0.15, 0.2) is 11.6 Å². The molecule has 0 bridgehead atoms. The maximum atomic E-state index is 12.9. The Labute approximate surface area is 152 Å². The van der Waals surface area contributed by atoms with Gasteiger partial charge in [0.2, 0.25) is 5.91 Å². The second-order valence-corrected chi connectivity index (χ2v) is 6.57. The van der Waals surface area contributed by atoms with E-state index >= 15 is 0 Å². The summed E-state index contributed by atoms with van der Waals surface area (Å²) in [6, 6.07) is 9.91. The molecular formula is C19H22N6O. The molecular weight excluding hydrogens is 328 g/mol. The molecule has 0 aliphatic carbocycles. The van der Waals surface area contributed by atoms with Crippen LogP contribution >= 0.6 is 0 Å². The van der Waals surface area contributed by atoms with E-state index in [9.17, 15) is 4.79 Å². The van der Waals surface area contributed by atoms with E-state index in [0.717, 1.165) is 24.4 Å². The molecule has 0 fully saturated rings. The van der Waals surface area contributed by atoms with Crippen molar-refractivity contribution in [1.82, 2.24) is 29.4 Å². The quantitative estimate of drug-likeness (QED) is 0.708. The Kier molecular flexibility index (Phi) is 4.28. The number of rotatable bonds is 5. The van der Waals surface area contributed by atoms with Crippen molar-refractivity contribution in [2.75, 3.05) is 6.54 Å². The van der Waals surface area contributed by atoms with Crippen molar-refractivity contribution in [3.8, 4) is 11.4 Å². The minimum atomic E-state index is -0.315. The number of aromatic nitrogens is 5. The van der Waals surface area contributed by atoms with Crippen LogP contribution < -0.4 is 0 Å². The van der Waals surface area contributed by atoms with E-state index in [1.807, 2.05) is 52.4 Å². The molecule has 3 aromatic rings. The van der Waals surface area contributed by atoms with Gasteiger partial charge < -0.3 is 4.90 Å². The van der Waals surface area contributed by atoms with E-state index in [1.54, 1.807) is 6.20 Å². The number of hydrogen-bond acceptors (Lipinski definition) is 4. The van der Waals surface area contributed by atoms with Gasteiger partial charge in [0, 0.05) is 19.3 Å². The van der Waals surface area contributed by atoms with Crippen molar-refractivity contribution in [3.63, 3.8) is 0 Å². The van der Waals surface area contributed by atoms with Crippen LogP contribution in [-0.2, 0) is 24.3 Å². The van der Waals surface area contributed by atoms with Crippen molar-refractivity contribution in [3.05, 3.63) is 54.1 Å². The molecule has 1 amide bonds. The van der Waals surface area contributed by atoms with Crippen molar-refractivity contribution in [2.24, 2.45) is 0 Å². The topological polar surface area (TPSA) is 68.8 Å². The number of hydrogen-bond donors (Lipinski definition) is 0. The first-order valence-electron chi connectivity index (χ1n) is 8.96. The average Bonchev–Trinajstić information content (AvgIpc) is 3.31. The van der Waals surface area contributed by atoms with Gasteiger partial charge in [-0.05, 0) is 25.8 Å². The number of carbonyl (C=O) groups excluding carboxylic acids is 1. The van der Waals surface area contributed by atoms with Crippen molar-refractivity contribution < 1.29 is 4.79 Å². The van der Waals surface area contributed by atoms with E-state index in [2.05, 4.69) is 27.4 Å². The van der Waals surface area contributed by atoms with E-state index in [1.165, 1.54) is 5.56 Å². The molecule has 1 aliphatic rings. The fourth-order valence-electron chi connectivity index (χ4n) is 3.41. The van der Waals surface area contributed by atoms with Crippen molar-refractivity contribution >= 4 is 5.91 Å². The molecule has 0 saturated carbocycles. The average molecular weight is 350 g/mol. The van der Waals surface area contributed by atoms with Crippen LogP contribution in [0.4, 0.5) is 0 Å². The van der Waals surface area contributed by atoms with Crippen LogP contribution in [0.5, 0.6) is 0 Å². The van der Waals surface area contributed by atoms with E-state index in [0.29, 0.717) is 18.9 Å². The van der Waals surface area contributed by atoms with Gasteiger partial charge in [-0.25, -0.2) is 0 Å². The van der Waals surface area contributed by atoms with Gasteiger partial charge in [-0.3, -0.25) is 14.0 Å². The highest BCUT2D eigenvalue weighted by molar-refractivity contribution is 5.82. The first-order valence-corrected chi connectivity index (χ1v) is 8.96. The molecule has 3 heterocycles. The molecule has 2 aromatic heterocycles. The van der Waals surface area contributed by atoms with Gasteiger partial charge in [0.25, 0.3) is 0 Å². The summed E-state index contributed by atoms with van der Waals surface area (Å²) in [5, 5.41) is 13.0. The lowest BCUT2D eigenvalue weighted by Crippen LogP contribution is -2.42. The molecule has 0 N–H and O–H groups in total. The van der Waals surface area contributed by atoms with E-state index in [-0.39, 0.29) is 11.9 Å². The zero-order chi connectivity index (χ0) is 18.1. The Morgan fingerprint density at radius 1 is 1.19 bits per heavy atom. The molecule has 1 aromatic carbocycles. The summed E-state index contributed by atoms with van der Waals surface area (Å²) in [5.74, 6) is 1.64. The SMILES string of the molecule is CCn1cc(-c2nnc3n2[C@@H](C)C(=O)N(CCc2ccccc2)C3)cn1. The molecule has 7 nitrogen and oxygen atoms in total. The standard InChI is InChI=1S/C19H22N6O/c1-3-24-12-16(11-20-24)18-22-21-17-13-23(19(26)14(2)25(17)18)10-9-15-7-5-4-6-8-15/h4-8,11-12,14H,3,9-10,13H2,1-2H3/t14-/m0/s1. The fourth-order valence-corrected chi connectivity index (χ4v) is 3.41. The molecule has 0 radical (unpaired) electrons. The number of amides is 1. The summed E-state index contributed by atoms with van der Waals surface area (Å²) in [7, 11) is 0. The number of fused-ring (bicyclic) bond motifs is 1.